The Bertz CT molecular complexity index is 824. The molecule has 0 fully saturated rings. The zero-order valence-corrected chi connectivity index (χ0v) is 13.3. The van der Waals surface area contributed by atoms with Crippen molar-refractivity contribution in [1.29, 1.82) is 0 Å². The van der Waals surface area contributed by atoms with Crippen LogP contribution >= 0.6 is 46.4 Å². The third-order valence-electron chi connectivity index (χ3n) is 2.86. The molecule has 0 radical (unpaired) electrons. The highest BCUT2D eigenvalue weighted by atomic mass is 35.5. The minimum absolute atomic E-state index is 0.109. The molecule has 0 aliphatic carbocycles. The summed E-state index contributed by atoms with van der Waals surface area (Å²) in [6, 6.07) is 3.99. The van der Waals surface area contributed by atoms with Crippen LogP contribution in [-0.2, 0) is 5.88 Å². The second kappa shape index (κ2) is 5.61. The van der Waals surface area contributed by atoms with E-state index < -0.39 is 5.82 Å². The maximum atomic E-state index is 13.3. The number of hydrogen-bond acceptors (Lipinski definition) is 2. The highest BCUT2D eigenvalue weighted by Gasteiger charge is 2.19. The molecule has 3 aromatic rings. The van der Waals surface area contributed by atoms with E-state index in [4.69, 9.17) is 46.4 Å². The lowest BCUT2D eigenvalue weighted by Crippen LogP contribution is -2.02. The van der Waals surface area contributed by atoms with E-state index in [1.54, 1.807) is 10.6 Å². The quantitative estimate of drug-likeness (QED) is 0.581. The standard InChI is InChI=1S/C13H6Cl4FN3/c14-4-11-20-10-1-6(15)5-19-13(10)21(11)12-8(16)2-7(18)3-9(12)17/h1-3,5H,4H2. The Hall–Kier alpha value is -1.07. The summed E-state index contributed by atoms with van der Waals surface area (Å²) in [7, 11) is 0. The van der Waals surface area contributed by atoms with Gasteiger partial charge in [-0.25, -0.2) is 14.4 Å². The van der Waals surface area contributed by atoms with Crippen molar-refractivity contribution in [2.24, 2.45) is 0 Å². The molecular formula is C13H6Cl4FN3. The van der Waals surface area contributed by atoms with Gasteiger partial charge in [0.25, 0.3) is 0 Å². The van der Waals surface area contributed by atoms with E-state index in [1.165, 1.54) is 18.3 Å². The molecule has 0 spiro atoms. The van der Waals surface area contributed by atoms with Gasteiger partial charge in [-0.05, 0) is 18.2 Å². The fraction of sp³-hybridized carbons (Fsp3) is 0.0769. The lowest BCUT2D eigenvalue weighted by Gasteiger charge is -2.11. The van der Waals surface area contributed by atoms with Crippen molar-refractivity contribution >= 4 is 57.6 Å². The fourth-order valence-electron chi connectivity index (χ4n) is 2.06. The molecule has 0 aliphatic rings. The normalized spacial score (nSPS) is 11.3. The number of benzene rings is 1. The predicted molar refractivity (Wildman–Crippen MR) is 83.4 cm³/mol. The van der Waals surface area contributed by atoms with Gasteiger partial charge < -0.3 is 0 Å². The fourth-order valence-corrected chi connectivity index (χ4v) is 3.02. The largest absolute Gasteiger partial charge is 0.277 e. The first kappa shape index (κ1) is 14.9. The van der Waals surface area contributed by atoms with Gasteiger partial charge in [0.05, 0.1) is 26.6 Å². The number of imidazole rings is 1. The first-order valence-electron chi connectivity index (χ1n) is 5.75. The second-order valence-corrected chi connectivity index (χ2v) is 5.73. The Morgan fingerprint density at radius 1 is 1.10 bits per heavy atom. The summed E-state index contributed by atoms with van der Waals surface area (Å²) in [5.41, 5.74) is 1.42. The summed E-state index contributed by atoms with van der Waals surface area (Å²) in [6.45, 7) is 0. The molecule has 2 aromatic heterocycles. The van der Waals surface area contributed by atoms with Crippen LogP contribution in [0, 0.1) is 5.82 Å². The monoisotopic (exact) mass is 363 g/mol. The van der Waals surface area contributed by atoms with E-state index in [0.717, 1.165) is 0 Å². The SMILES string of the molecule is Fc1cc(Cl)c(-n2c(CCl)nc3cc(Cl)cnc32)c(Cl)c1. The van der Waals surface area contributed by atoms with Gasteiger partial charge in [-0.15, -0.1) is 11.6 Å². The van der Waals surface area contributed by atoms with Crippen LogP contribution in [0.1, 0.15) is 5.82 Å². The molecule has 0 N–H and O–H groups in total. The van der Waals surface area contributed by atoms with Crippen molar-refractivity contribution in [1.82, 2.24) is 14.5 Å². The number of rotatable bonds is 2. The molecule has 0 saturated carbocycles. The minimum Gasteiger partial charge on any atom is -0.277 e. The highest BCUT2D eigenvalue weighted by Crippen LogP contribution is 2.33. The maximum absolute atomic E-state index is 13.3. The average Bonchev–Trinajstić information content (AvgIpc) is 2.75. The zero-order valence-electron chi connectivity index (χ0n) is 10.2. The van der Waals surface area contributed by atoms with Crippen molar-refractivity contribution in [3.63, 3.8) is 0 Å². The summed E-state index contributed by atoms with van der Waals surface area (Å²) < 4.78 is 14.9. The molecular weight excluding hydrogens is 359 g/mol. The van der Waals surface area contributed by atoms with E-state index in [9.17, 15) is 4.39 Å². The van der Waals surface area contributed by atoms with E-state index in [1.807, 2.05) is 0 Å². The molecule has 21 heavy (non-hydrogen) atoms. The Morgan fingerprint density at radius 3 is 2.38 bits per heavy atom. The van der Waals surface area contributed by atoms with Gasteiger partial charge in [0, 0.05) is 6.20 Å². The summed E-state index contributed by atoms with van der Waals surface area (Å²) >= 11 is 24.1. The summed E-state index contributed by atoms with van der Waals surface area (Å²) in [6.07, 6.45) is 1.48. The first-order chi connectivity index (χ1) is 10.0. The topological polar surface area (TPSA) is 30.7 Å². The van der Waals surface area contributed by atoms with Crippen LogP contribution in [0.25, 0.3) is 16.9 Å². The van der Waals surface area contributed by atoms with Crippen LogP contribution < -0.4 is 0 Å². The van der Waals surface area contributed by atoms with Crippen LogP contribution in [0.5, 0.6) is 0 Å². The lowest BCUT2D eigenvalue weighted by molar-refractivity contribution is 0.627. The summed E-state index contributed by atoms with van der Waals surface area (Å²) in [5.74, 6) is 0.0660. The molecule has 0 unspecified atom stereocenters. The first-order valence-corrected chi connectivity index (χ1v) is 7.42. The number of pyridine rings is 1. The molecule has 0 amide bonds. The lowest BCUT2D eigenvalue weighted by atomic mass is 10.3. The van der Waals surface area contributed by atoms with Crippen molar-refractivity contribution in [3.05, 3.63) is 51.1 Å². The maximum Gasteiger partial charge on any atom is 0.164 e. The van der Waals surface area contributed by atoms with Gasteiger partial charge in [0.1, 0.15) is 17.2 Å². The number of halogens is 5. The molecule has 0 aliphatic heterocycles. The molecule has 0 atom stereocenters. The molecule has 1 aromatic carbocycles. The molecule has 108 valence electrons. The van der Waals surface area contributed by atoms with E-state index in [0.29, 0.717) is 27.7 Å². The van der Waals surface area contributed by atoms with Crippen molar-refractivity contribution < 1.29 is 4.39 Å². The highest BCUT2D eigenvalue weighted by molar-refractivity contribution is 6.38. The number of alkyl halides is 1. The second-order valence-electron chi connectivity index (χ2n) is 4.21. The van der Waals surface area contributed by atoms with E-state index >= 15 is 0 Å². The van der Waals surface area contributed by atoms with Gasteiger partial charge in [0.2, 0.25) is 0 Å². The van der Waals surface area contributed by atoms with Crippen molar-refractivity contribution in [2.75, 3.05) is 0 Å². The molecule has 2 heterocycles. The zero-order chi connectivity index (χ0) is 15.1. The van der Waals surface area contributed by atoms with Gasteiger partial charge in [-0.2, -0.15) is 0 Å². The molecule has 0 saturated heterocycles. The number of nitrogens with zero attached hydrogens (tertiary/aromatic N) is 3. The van der Waals surface area contributed by atoms with Crippen molar-refractivity contribution in [2.45, 2.75) is 5.88 Å². The predicted octanol–water partition coefficient (Wildman–Crippen LogP) is 5.26. The molecule has 8 heteroatoms. The third-order valence-corrected chi connectivity index (χ3v) is 3.88. The third kappa shape index (κ3) is 2.57. The number of aromatic nitrogens is 3. The Labute approximate surface area is 139 Å². The molecule has 0 bridgehead atoms. The van der Waals surface area contributed by atoms with Crippen LogP contribution in [0.3, 0.4) is 0 Å². The van der Waals surface area contributed by atoms with E-state index in [-0.39, 0.29) is 15.9 Å². The van der Waals surface area contributed by atoms with Crippen LogP contribution in [-0.4, -0.2) is 14.5 Å². The number of hydrogen-bond donors (Lipinski definition) is 0. The van der Waals surface area contributed by atoms with Crippen LogP contribution in [0.4, 0.5) is 4.39 Å². The summed E-state index contributed by atoms with van der Waals surface area (Å²) in [5, 5.41) is 0.731. The van der Waals surface area contributed by atoms with E-state index in [2.05, 4.69) is 9.97 Å². The number of fused-ring (bicyclic) bond motifs is 1. The van der Waals surface area contributed by atoms with Crippen LogP contribution in [0.15, 0.2) is 24.4 Å². The molecule has 3 rings (SSSR count). The van der Waals surface area contributed by atoms with Gasteiger partial charge in [-0.3, -0.25) is 4.57 Å². The Balaban J connectivity index is 2.39. The Morgan fingerprint density at radius 2 is 1.76 bits per heavy atom. The minimum atomic E-state index is -0.526. The van der Waals surface area contributed by atoms with Gasteiger partial charge >= 0.3 is 0 Å². The summed E-state index contributed by atoms with van der Waals surface area (Å²) in [4.78, 5) is 8.58. The van der Waals surface area contributed by atoms with Crippen LogP contribution in [0.2, 0.25) is 15.1 Å². The molecule has 3 nitrogen and oxygen atoms in total. The van der Waals surface area contributed by atoms with Gasteiger partial charge in [0.15, 0.2) is 5.65 Å². The smallest absolute Gasteiger partial charge is 0.164 e. The Kier molecular flexibility index (Phi) is 3.97. The van der Waals surface area contributed by atoms with Gasteiger partial charge in [-0.1, -0.05) is 34.8 Å². The average molecular weight is 365 g/mol. The van der Waals surface area contributed by atoms with Crippen molar-refractivity contribution in [3.8, 4) is 5.69 Å².